The maximum absolute atomic E-state index is 13.5. The first-order valence-corrected chi connectivity index (χ1v) is 14.5. The highest BCUT2D eigenvalue weighted by Gasteiger charge is 2.44. The van der Waals surface area contributed by atoms with Gasteiger partial charge in [0.2, 0.25) is 10.0 Å². The van der Waals surface area contributed by atoms with Crippen molar-refractivity contribution < 1.29 is 37.6 Å². The lowest BCUT2D eigenvalue weighted by Gasteiger charge is -2.31. The van der Waals surface area contributed by atoms with Crippen molar-refractivity contribution in [1.82, 2.24) is 9.62 Å². The first kappa shape index (κ1) is 29.1. The van der Waals surface area contributed by atoms with Gasteiger partial charge in [0.25, 0.3) is 0 Å². The molecule has 0 spiro atoms. The van der Waals surface area contributed by atoms with Crippen LogP contribution in [-0.2, 0) is 30.7 Å². The van der Waals surface area contributed by atoms with E-state index < -0.39 is 34.4 Å². The highest BCUT2D eigenvalue weighted by Crippen LogP contribution is 2.33. The summed E-state index contributed by atoms with van der Waals surface area (Å²) in [5.74, 6) is -0.0132. The van der Waals surface area contributed by atoms with Gasteiger partial charge in [-0.15, -0.1) is 0 Å². The number of amides is 1. The number of fused-ring (bicyclic) bond motifs is 1. The van der Waals surface area contributed by atoms with E-state index in [1.807, 2.05) is 13.8 Å². The Morgan fingerprint density at radius 2 is 1.92 bits per heavy atom. The fraction of sp³-hybridized carbons (Fsp3) is 0.519. The average molecular weight is 564 g/mol. The van der Waals surface area contributed by atoms with E-state index in [-0.39, 0.29) is 54.9 Å². The number of rotatable bonds is 11. The zero-order valence-corrected chi connectivity index (χ0v) is 22.9. The number of nitrogen functional groups attached to an aromatic ring is 1. The number of ether oxygens (including phenoxy) is 3. The summed E-state index contributed by atoms with van der Waals surface area (Å²) in [6.45, 7) is 4.38. The quantitative estimate of drug-likeness (QED) is 0.300. The van der Waals surface area contributed by atoms with Crippen molar-refractivity contribution in [1.29, 1.82) is 0 Å². The molecule has 2 aromatic rings. The molecule has 2 saturated heterocycles. The second-order valence-corrected chi connectivity index (χ2v) is 12.4. The summed E-state index contributed by atoms with van der Waals surface area (Å²) in [7, 11) is -4.00. The number of nitrogens with zero attached hydrogens (tertiary/aromatic N) is 1. The van der Waals surface area contributed by atoms with Gasteiger partial charge in [-0.3, -0.25) is 0 Å². The molecule has 0 unspecified atom stereocenters. The van der Waals surface area contributed by atoms with Gasteiger partial charge in [0.05, 0.1) is 36.2 Å². The summed E-state index contributed by atoms with van der Waals surface area (Å²) in [6.07, 6.45) is -2.01. The van der Waals surface area contributed by atoms with Crippen LogP contribution < -0.4 is 11.1 Å². The highest BCUT2D eigenvalue weighted by molar-refractivity contribution is 7.89. The molecule has 5 atom stereocenters. The molecule has 2 aromatic carbocycles. The monoisotopic (exact) mass is 563 g/mol. The molecular formula is C27H37N3O8S. The van der Waals surface area contributed by atoms with Crippen LogP contribution >= 0.6 is 0 Å². The van der Waals surface area contributed by atoms with Gasteiger partial charge >= 0.3 is 6.09 Å². The number of aromatic hydroxyl groups is 1. The molecule has 0 aliphatic carbocycles. The van der Waals surface area contributed by atoms with Gasteiger partial charge < -0.3 is 35.5 Å². The third-order valence-corrected chi connectivity index (χ3v) is 8.69. The van der Waals surface area contributed by atoms with Crippen LogP contribution in [-0.4, -0.2) is 79.9 Å². The molecule has 2 aliphatic heterocycles. The zero-order valence-electron chi connectivity index (χ0n) is 22.1. The Morgan fingerprint density at radius 3 is 2.62 bits per heavy atom. The SMILES string of the molecule is CC(C)CN(C[C@@H](O)[C@H](Cc1ccc(O)cc1)NC(=O)O[C@H]1CO[C@H]2OCC[C@H]21)S(=O)(=O)c1cccc(N)c1. The van der Waals surface area contributed by atoms with Gasteiger partial charge in [-0.25, -0.2) is 13.2 Å². The largest absolute Gasteiger partial charge is 0.508 e. The number of carbonyl (C=O) groups excluding carboxylic acids is 1. The summed E-state index contributed by atoms with van der Waals surface area (Å²) in [5, 5.41) is 23.7. The van der Waals surface area contributed by atoms with Crippen LogP contribution in [0.4, 0.5) is 10.5 Å². The molecular weight excluding hydrogens is 526 g/mol. The molecule has 39 heavy (non-hydrogen) atoms. The summed E-state index contributed by atoms with van der Waals surface area (Å²) in [5.41, 5.74) is 6.86. The topological polar surface area (TPSA) is 161 Å². The summed E-state index contributed by atoms with van der Waals surface area (Å²) < 4.78 is 44.9. The van der Waals surface area contributed by atoms with Crippen molar-refractivity contribution in [2.24, 2.45) is 11.8 Å². The van der Waals surface area contributed by atoms with E-state index >= 15 is 0 Å². The fourth-order valence-electron chi connectivity index (χ4n) is 4.88. The Balaban J connectivity index is 1.52. The maximum atomic E-state index is 13.5. The summed E-state index contributed by atoms with van der Waals surface area (Å²) >= 11 is 0. The molecule has 0 radical (unpaired) electrons. The number of aliphatic hydroxyl groups excluding tert-OH is 1. The predicted octanol–water partition coefficient (Wildman–Crippen LogP) is 2.08. The van der Waals surface area contributed by atoms with E-state index in [1.165, 1.54) is 28.6 Å². The highest BCUT2D eigenvalue weighted by atomic mass is 32.2. The van der Waals surface area contributed by atoms with Gasteiger partial charge in [-0.1, -0.05) is 32.0 Å². The number of phenols is 1. The minimum absolute atomic E-state index is 0.0207. The van der Waals surface area contributed by atoms with Crippen molar-refractivity contribution in [3.8, 4) is 5.75 Å². The van der Waals surface area contributed by atoms with Crippen LogP contribution in [0.5, 0.6) is 5.75 Å². The van der Waals surface area contributed by atoms with Gasteiger partial charge in [0.15, 0.2) is 6.29 Å². The number of alkyl carbamates (subject to hydrolysis) is 1. The molecule has 0 saturated carbocycles. The first-order chi connectivity index (χ1) is 18.5. The number of anilines is 1. The number of carbonyl (C=O) groups is 1. The maximum Gasteiger partial charge on any atom is 0.407 e. The Kier molecular flexibility index (Phi) is 9.34. The molecule has 1 amide bonds. The summed E-state index contributed by atoms with van der Waals surface area (Å²) in [6, 6.07) is 11.4. The van der Waals surface area contributed by atoms with E-state index in [9.17, 15) is 23.4 Å². The zero-order chi connectivity index (χ0) is 28.2. The van der Waals surface area contributed by atoms with Crippen LogP contribution in [0.25, 0.3) is 0 Å². The third-order valence-electron chi connectivity index (χ3n) is 6.86. The molecule has 2 fully saturated rings. The smallest absolute Gasteiger partial charge is 0.407 e. The summed E-state index contributed by atoms with van der Waals surface area (Å²) in [4.78, 5) is 13.0. The lowest BCUT2D eigenvalue weighted by molar-refractivity contribution is -0.0907. The van der Waals surface area contributed by atoms with E-state index in [4.69, 9.17) is 19.9 Å². The molecule has 0 aromatic heterocycles. The molecule has 5 N–H and O–H groups in total. The number of hydrogen-bond donors (Lipinski definition) is 4. The molecule has 2 aliphatic rings. The number of nitrogens with two attached hydrogens (primary N) is 1. The van der Waals surface area contributed by atoms with E-state index in [0.29, 0.717) is 18.7 Å². The van der Waals surface area contributed by atoms with Crippen molar-refractivity contribution in [3.05, 3.63) is 54.1 Å². The number of aliphatic hydroxyl groups is 1. The molecule has 214 valence electrons. The lowest BCUT2D eigenvalue weighted by Crippen LogP contribution is -2.51. The Morgan fingerprint density at radius 1 is 1.18 bits per heavy atom. The number of hydrogen-bond acceptors (Lipinski definition) is 9. The van der Waals surface area contributed by atoms with Crippen LogP contribution in [0.1, 0.15) is 25.8 Å². The molecule has 2 heterocycles. The third kappa shape index (κ3) is 7.40. The molecule has 12 heteroatoms. The van der Waals surface area contributed by atoms with Gasteiger partial charge in [0.1, 0.15) is 11.9 Å². The van der Waals surface area contributed by atoms with Crippen molar-refractivity contribution in [2.45, 2.75) is 56.1 Å². The van der Waals surface area contributed by atoms with Crippen LogP contribution in [0, 0.1) is 11.8 Å². The molecule has 4 rings (SSSR count). The van der Waals surface area contributed by atoms with Gasteiger partial charge in [0, 0.05) is 18.8 Å². The van der Waals surface area contributed by atoms with E-state index in [1.54, 1.807) is 24.3 Å². The van der Waals surface area contributed by atoms with Crippen molar-refractivity contribution in [3.63, 3.8) is 0 Å². The van der Waals surface area contributed by atoms with E-state index in [0.717, 1.165) is 5.56 Å². The normalized spacial score (nSPS) is 22.5. The van der Waals surface area contributed by atoms with Gasteiger partial charge in [-0.05, 0) is 54.7 Å². The standard InChI is InChI=1S/C27H37N3O8S/c1-17(2)14-30(39(34,35)21-5-3-4-19(28)13-21)15-24(32)23(12-18-6-8-20(31)9-7-18)29-27(33)38-25-16-37-26-22(25)10-11-36-26/h3-9,13,17,22-26,31-32H,10-12,14-16,28H2,1-2H3,(H,29,33)/t22-,23-,24+,25-,26+/m0/s1. The second kappa shape index (κ2) is 12.5. The minimum atomic E-state index is -4.00. The van der Waals surface area contributed by atoms with Crippen molar-refractivity contribution >= 4 is 21.8 Å². The van der Waals surface area contributed by atoms with Crippen LogP contribution in [0.3, 0.4) is 0 Å². The molecule has 11 nitrogen and oxygen atoms in total. The second-order valence-electron chi connectivity index (χ2n) is 10.4. The Bertz CT molecular complexity index is 1220. The Hall–Kier alpha value is -2.90. The van der Waals surface area contributed by atoms with Crippen molar-refractivity contribution in [2.75, 3.05) is 32.0 Å². The minimum Gasteiger partial charge on any atom is -0.508 e. The predicted molar refractivity (Wildman–Crippen MR) is 143 cm³/mol. The van der Waals surface area contributed by atoms with Crippen LogP contribution in [0.15, 0.2) is 53.4 Å². The lowest BCUT2D eigenvalue weighted by atomic mass is 10.0. The number of nitrogens with one attached hydrogen (secondary N) is 1. The average Bonchev–Trinajstić information content (AvgIpc) is 3.49. The Labute approximate surface area is 228 Å². The van der Waals surface area contributed by atoms with Gasteiger partial charge in [-0.2, -0.15) is 4.31 Å². The van der Waals surface area contributed by atoms with Crippen LogP contribution in [0.2, 0.25) is 0 Å². The van der Waals surface area contributed by atoms with E-state index in [2.05, 4.69) is 5.32 Å². The number of benzene rings is 2. The fourth-order valence-corrected chi connectivity index (χ4v) is 6.55. The molecule has 0 bridgehead atoms. The number of phenolic OH excluding ortho intramolecular Hbond substituents is 1. The number of sulfonamides is 1. The first-order valence-electron chi connectivity index (χ1n) is 13.0.